The van der Waals surface area contributed by atoms with Gasteiger partial charge < -0.3 is 52.2 Å². The molecule has 4 aromatic carbocycles. The second-order valence-corrected chi connectivity index (χ2v) is 17.9. The minimum absolute atomic E-state index is 0.137. The highest BCUT2D eigenvalue weighted by atomic mass is 32.1. The third kappa shape index (κ3) is 20.0. The first-order valence-electron chi connectivity index (χ1n) is 25.2. The molecule has 19 heteroatoms. The van der Waals surface area contributed by atoms with E-state index >= 15 is 0 Å². The monoisotopic (exact) mass is 1060 g/mol. The maximum atomic E-state index is 13.7. The largest absolute Gasteiger partial charge is 0.491 e. The molecule has 1 saturated carbocycles. The fourth-order valence-electron chi connectivity index (χ4n) is 7.64. The second kappa shape index (κ2) is 32.8. The van der Waals surface area contributed by atoms with Gasteiger partial charge in [0.05, 0.1) is 80.4 Å². The standard InChI is InChI=1S/C57H64N4O14S/c1-4-53(62)72-38-34-68-30-28-66-32-36-70-47-19-14-43(15-20-47)55(64)74-49-23-12-42(13-24-49)45-18-25-51(46(40-45)41-59-61(27-9-8-26-58-3)57-60-50-10-6-7-11-52(50)76-57)75-56(65)44-16-21-48(22-17-44)71-37-33-67-29-31-69-35-39-73-54(63)5-2/h4-7,10-11,14-22,25,40-42,49H,1-2,8-9,12-13,23-24,26-39H2/b59-41+. The Morgan fingerprint density at radius 3 is 1.79 bits per heavy atom. The van der Waals surface area contributed by atoms with E-state index in [9.17, 15) is 19.2 Å². The number of unbranched alkanes of at least 4 members (excludes halogenated alkanes) is 1. The molecule has 1 fully saturated rings. The van der Waals surface area contributed by atoms with Gasteiger partial charge in [-0.1, -0.05) is 42.7 Å². The highest BCUT2D eigenvalue weighted by Gasteiger charge is 2.27. The molecule has 0 saturated heterocycles. The lowest BCUT2D eigenvalue weighted by Crippen LogP contribution is -2.24. The van der Waals surface area contributed by atoms with Crippen molar-refractivity contribution in [3.05, 3.63) is 150 Å². The number of aromatic nitrogens is 1. The number of hydrazone groups is 1. The first kappa shape index (κ1) is 57.8. The van der Waals surface area contributed by atoms with Crippen molar-refractivity contribution in [3.8, 4) is 17.2 Å². The van der Waals surface area contributed by atoms with Crippen molar-refractivity contribution in [2.24, 2.45) is 5.10 Å². The van der Waals surface area contributed by atoms with Crippen molar-refractivity contribution < 1.29 is 66.5 Å². The first-order valence-corrected chi connectivity index (χ1v) is 26.0. The summed E-state index contributed by atoms with van der Waals surface area (Å²) in [4.78, 5) is 57.4. The number of nitrogens with zero attached hydrogens (tertiary/aromatic N) is 4. The number of benzene rings is 4. The molecule has 1 aromatic heterocycles. The maximum absolute atomic E-state index is 13.7. The van der Waals surface area contributed by atoms with Gasteiger partial charge in [0.2, 0.25) is 11.7 Å². The Morgan fingerprint density at radius 1 is 0.671 bits per heavy atom. The number of carbonyl (C=O) groups is 4. The Hall–Kier alpha value is -7.47. The number of anilines is 1. The Balaban J connectivity index is 1.03. The Bertz CT molecular complexity index is 2660. The molecule has 1 heterocycles. The van der Waals surface area contributed by atoms with E-state index < -0.39 is 23.9 Å². The van der Waals surface area contributed by atoms with E-state index in [1.54, 1.807) is 60.8 Å². The molecule has 6 rings (SSSR count). The summed E-state index contributed by atoms with van der Waals surface area (Å²) >= 11 is 1.53. The zero-order valence-electron chi connectivity index (χ0n) is 42.5. The fourth-order valence-corrected chi connectivity index (χ4v) is 8.59. The van der Waals surface area contributed by atoms with Crippen molar-refractivity contribution in [3.63, 3.8) is 0 Å². The van der Waals surface area contributed by atoms with Crippen LogP contribution in [0, 0.1) is 6.57 Å². The molecule has 5 aromatic rings. The van der Waals surface area contributed by atoms with Crippen LogP contribution >= 0.6 is 11.3 Å². The van der Waals surface area contributed by atoms with E-state index in [0.29, 0.717) is 118 Å². The van der Waals surface area contributed by atoms with E-state index in [2.05, 4.69) is 18.0 Å². The summed E-state index contributed by atoms with van der Waals surface area (Å²) in [6.45, 7) is 18.3. The van der Waals surface area contributed by atoms with Gasteiger partial charge in [0.15, 0.2) is 0 Å². The minimum atomic E-state index is -0.560. The van der Waals surface area contributed by atoms with Gasteiger partial charge in [0.1, 0.15) is 49.8 Å². The van der Waals surface area contributed by atoms with Crippen LogP contribution in [0.1, 0.15) is 76.3 Å². The number of carbonyl (C=O) groups excluding carboxylic acids is 4. The number of hydrogen-bond donors (Lipinski definition) is 0. The van der Waals surface area contributed by atoms with Gasteiger partial charge in [-0.05, 0) is 116 Å². The van der Waals surface area contributed by atoms with E-state index in [0.717, 1.165) is 47.2 Å². The number of hydrogen-bond acceptors (Lipinski definition) is 18. The van der Waals surface area contributed by atoms with Crippen molar-refractivity contribution in [2.45, 2.75) is 50.5 Å². The molecule has 0 unspecified atom stereocenters. The lowest BCUT2D eigenvalue weighted by Gasteiger charge is -2.29. The van der Waals surface area contributed by atoms with Gasteiger partial charge in [0.25, 0.3) is 0 Å². The normalized spacial score (nSPS) is 14.1. The maximum Gasteiger partial charge on any atom is 0.343 e. The molecule has 0 spiro atoms. The summed E-state index contributed by atoms with van der Waals surface area (Å²) in [6, 6.07) is 27.1. The molecule has 402 valence electrons. The first-order chi connectivity index (χ1) is 37.2. The summed E-state index contributed by atoms with van der Waals surface area (Å²) < 4.78 is 56.1. The lowest BCUT2D eigenvalue weighted by molar-refractivity contribution is -0.140. The molecule has 0 bridgehead atoms. The van der Waals surface area contributed by atoms with E-state index in [1.165, 1.54) is 11.3 Å². The number of esters is 4. The summed E-state index contributed by atoms with van der Waals surface area (Å²) in [5, 5.41) is 7.48. The van der Waals surface area contributed by atoms with E-state index in [4.69, 9.17) is 64.0 Å². The second-order valence-electron chi connectivity index (χ2n) is 16.9. The highest BCUT2D eigenvalue weighted by Crippen LogP contribution is 2.37. The number of rotatable bonds is 34. The van der Waals surface area contributed by atoms with Gasteiger partial charge >= 0.3 is 23.9 Å². The van der Waals surface area contributed by atoms with Crippen LogP contribution < -0.4 is 19.2 Å². The predicted molar refractivity (Wildman–Crippen MR) is 287 cm³/mol. The molecule has 0 amide bonds. The lowest BCUT2D eigenvalue weighted by atomic mass is 9.82. The third-order valence-corrected chi connectivity index (χ3v) is 12.6. The molecule has 0 aliphatic heterocycles. The van der Waals surface area contributed by atoms with Crippen LogP contribution in [0.4, 0.5) is 5.13 Å². The average molecular weight is 1060 g/mol. The Morgan fingerprint density at radius 2 is 1.22 bits per heavy atom. The molecule has 0 N–H and O–H groups in total. The number of para-hydroxylation sites is 1. The molecule has 1 aliphatic carbocycles. The van der Waals surface area contributed by atoms with Crippen LogP contribution in [0.15, 0.2) is 121 Å². The smallest absolute Gasteiger partial charge is 0.343 e. The topological polar surface area (TPSA) is 193 Å². The summed E-state index contributed by atoms with van der Waals surface area (Å²) in [6.07, 6.45) is 7.95. The van der Waals surface area contributed by atoms with Crippen LogP contribution in [0.2, 0.25) is 0 Å². The van der Waals surface area contributed by atoms with Crippen LogP contribution in [0.5, 0.6) is 17.2 Å². The minimum Gasteiger partial charge on any atom is -0.491 e. The van der Waals surface area contributed by atoms with Gasteiger partial charge in [-0.15, -0.1) is 0 Å². The molecule has 18 nitrogen and oxygen atoms in total. The summed E-state index contributed by atoms with van der Waals surface area (Å²) in [7, 11) is 0. The Labute approximate surface area is 446 Å². The molecule has 76 heavy (non-hydrogen) atoms. The Kier molecular flexibility index (Phi) is 24.9. The molecular weight excluding hydrogens is 997 g/mol. The van der Waals surface area contributed by atoms with Crippen LogP contribution in [-0.2, 0) is 42.7 Å². The molecule has 0 radical (unpaired) electrons. The van der Waals surface area contributed by atoms with Crippen molar-refractivity contribution >= 4 is 56.8 Å². The average Bonchev–Trinajstić information content (AvgIpc) is 3.90. The molecular formula is C57H64N4O14S. The van der Waals surface area contributed by atoms with Crippen LogP contribution in [0.3, 0.4) is 0 Å². The quantitative estimate of drug-likeness (QED) is 0.00553. The highest BCUT2D eigenvalue weighted by molar-refractivity contribution is 7.22. The van der Waals surface area contributed by atoms with E-state index in [-0.39, 0.29) is 45.1 Å². The predicted octanol–water partition coefficient (Wildman–Crippen LogP) is 9.22. The van der Waals surface area contributed by atoms with Gasteiger partial charge in [-0.25, -0.2) is 35.7 Å². The van der Waals surface area contributed by atoms with Crippen LogP contribution in [0.25, 0.3) is 15.1 Å². The summed E-state index contributed by atoms with van der Waals surface area (Å²) in [5.74, 6) is -0.335. The summed E-state index contributed by atoms with van der Waals surface area (Å²) in [5.41, 5.74) is 3.25. The van der Waals surface area contributed by atoms with Gasteiger partial charge in [-0.3, -0.25) is 0 Å². The van der Waals surface area contributed by atoms with Gasteiger partial charge in [-0.2, -0.15) is 5.10 Å². The van der Waals surface area contributed by atoms with Crippen molar-refractivity contribution in [1.29, 1.82) is 0 Å². The fraction of sp³-hybridized carbons (Fsp3) is 0.386. The van der Waals surface area contributed by atoms with Crippen molar-refractivity contribution in [2.75, 3.05) is 97.4 Å². The number of thiazole rings is 1. The third-order valence-electron chi connectivity index (χ3n) is 11.6. The SMILES string of the molecule is [C-]#[N+]CCCCN(/N=C/c1cc(C2CCC(OC(=O)c3ccc(OCCOCCOCCOC(=O)C=C)cc3)CC2)ccc1OC(=O)c1ccc(OCCOCCOCCOC(=O)C=C)cc1)c1nc2ccccc2s1. The number of ether oxygens (including phenoxy) is 10. The van der Waals surface area contributed by atoms with Crippen molar-refractivity contribution in [1.82, 2.24) is 4.98 Å². The number of fused-ring (bicyclic) bond motifs is 1. The molecule has 0 atom stereocenters. The van der Waals surface area contributed by atoms with Crippen LogP contribution in [-0.4, -0.2) is 134 Å². The zero-order chi connectivity index (χ0) is 53.6. The van der Waals surface area contributed by atoms with E-state index in [1.807, 2.05) is 41.4 Å². The zero-order valence-corrected chi connectivity index (χ0v) is 43.3. The van der Waals surface area contributed by atoms with Gasteiger partial charge in [0, 0.05) is 30.7 Å². The molecule has 1 aliphatic rings.